The van der Waals surface area contributed by atoms with Crippen LogP contribution in [0.3, 0.4) is 0 Å². The highest BCUT2D eigenvalue weighted by molar-refractivity contribution is 6.06. The first-order valence-corrected chi connectivity index (χ1v) is 7.94. The van der Waals surface area contributed by atoms with Crippen LogP contribution >= 0.6 is 0 Å². The first-order chi connectivity index (χ1) is 11.3. The van der Waals surface area contributed by atoms with Gasteiger partial charge in [-0.25, -0.2) is 0 Å². The van der Waals surface area contributed by atoms with E-state index in [4.69, 9.17) is 9.47 Å². The Bertz CT molecular complexity index is 752. The zero-order valence-corrected chi connectivity index (χ0v) is 13.4. The fourth-order valence-electron chi connectivity index (χ4n) is 3.60. The molecular formula is C19H20N2O2. The number of ether oxygens (including phenoxy) is 2. The van der Waals surface area contributed by atoms with Gasteiger partial charge in [0.15, 0.2) is 0 Å². The minimum absolute atomic E-state index is 0.232. The standard InChI is InChI=1S/C19H20N2O2/c1-22-14-7-4-13(5-8-14)18-16-10-6-12-3-9-15(23-2)11-17(12)19(16)21-20-18/h3-5,7-9,11,16,18,20H,6,10H2,1-2H3/t16-,18+/m1/s1. The number of nitrogens with zero attached hydrogens (tertiary/aromatic N) is 1. The van der Waals surface area contributed by atoms with E-state index >= 15 is 0 Å². The summed E-state index contributed by atoms with van der Waals surface area (Å²) in [4.78, 5) is 0. The van der Waals surface area contributed by atoms with E-state index in [9.17, 15) is 0 Å². The second kappa shape index (κ2) is 5.61. The number of rotatable bonds is 3. The smallest absolute Gasteiger partial charge is 0.119 e. The molecule has 0 spiro atoms. The van der Waals surface area contributed by atoms with E-state index in [0.29, 0.717) is 5.92 Å². The Kier molecular flexibility index (Phi) is 3.45. The van der Waals surface area contributed by atoms with Crippen LogP contribution in [0.5, 0.6) is 11.5 Å². The van der Waals surface area contributed by atoms with Crippen molar-refractivity contribution in [2.75, 3.05) is 14.2 Å². The second-order valence-electron chi connectivity index (χ2n) is 6.05. The van der Waals surface area contributed by atoms with E-state index in [1.165, 1.54) is 16.7 Å². The molecule has 4 nitrogen and oxygen atoms in total. The lowest BCUT2D eigenvalue weighted by Gasteiger charge is -2.26. The first kappa shape index (κ1) is 14.1. The fourth-order valence-corrected chi connectivity index (χ4v) is 3.60. The number of aryl methyl sites for hydroxylation is 1. The van der Waals surface area contributed by atoms with Gasteiger partial charge in [-0.2, -0.15) is 5.10 Å². The SMILES string of the molecule is COc1ccc([C@@H]2NN=C3c4cc(OC)ccc4CC[C@@H]32)cc1. The number of hydrogen-bond donors (Lipinski definition) is 1. The summed E-state index contributed by atoms with van der Waals surface area (Å²) in [5.74, 6) is 2.18. The summed E-state index contributed by atoms with van der Waals surface area (Å²) in [5, 5.41) is 4.65. The minimum atomic E-state index is 0.232. The summed E-state index contributed by atoms with van der Waals surface area (Å²) in [5.41, 5.74) is 8.33. The lowest BCUT2D eigenvalue weighted by molar-refractivity contribution is 0.412. The molecule has 1 aliphatic carbocycles. The molecule has 1 N–H and O–H groups in total. The summed E-state index contributed by atoms with van der Waals surface area (Å²) in [7, 11) is 3.40. The first-order valence-electron chi connectivity index (χ1n) is 7.94. The van der Waals surface area contributed by atoms with E-state index < -0.39 is 0 Å². The molecule has 0 saturated heterocycles. The predicted molar refractivity (Wildman–Crippen MR) is 90.2 cm³/mol. The van der Waals surface area contributed by atoms with Crippen LogP contribution in [0.15, 0.2) is 47.6 Å². The Balaban J connectivity index is 1.65. The van der Waals surface area contributed by atoms with Crippen molar-refractivity contribution < 1.29 is 9.47 Å². The monoisotopic (exact) mass is 308 g/mol. The third-order valence-corrected chi connectivity index (χ3v) is 4.87. The molecule has 2 atom stereocenters. The lowest BCUT2D eigenvalue weighted by atomic mass is 9.77. The van der Waals surface area contributed by atoms with Gasteiger partial charge in [-0.15, -0.1) is 0 Å². The van der Waals surface area contributed by atoms with Crippen LogP contribution in [0.4, 0.5) is 0 Å². The van der Waals surface area contributed by atoms with Crippen LogP contribution in [0.25, 0.3) is 0 Å². The Morgan fingerprint density at radius 2 is 1.74 bits per heavy atom. The summed E-state index contributed by atoms with van der Waals surface area (Å²) >= 11 is 0. The fraction of sp³-hybridized carbons (Fsp3) is 0.316. The van der Waals surface area contributed by atoms with Gasteiger partial charge in [0.25, 0.3) is 0 Å². The minimum Gasteiger partial charge on any atom is -0.497 e. The maximum Gasteiger partial charge on any atom is 0.119 e. The van der Waals surface area contributed by atoms with E-state index in [2.05, 4.69) is 34.8 Å². The van der Waals surface area contributed by atoms with Crippen molar-refractivity contribution in [1.82, 2.24) is 5.43 Å². The van der Waals surface area contributed by atoms with Crippen LogP contribution in [-0.2, 0) is 6.42 Å². The van der Waals surface area contributed by atoms with Gasteiger partial charge in [-0.1, -0.05) is 18.2 Å². The highest BCUT2D eigenvalue weighted by Gasteiger charge is 2.37. The van der Waals surface area contributed by atoms with E-state index in [-0.39, 0.29) is 6.04 Å². The van der Waals surface area contributed by atoms with Crippen LogP contribution in [0, 0.1) is 5.92 Å². The number of hydrogen-bond acceptors (Lipinski definition) is 4. The summed E-state index contributed by atoms with van der Waals surface area (Å²) in [6, 6.07) is 14.8. The van der Waals surface area contributed by atoms with E-state index in [1.54, 1.807) is 14.2 Å². The van der Waals surface area contributed by atoms with Gasteiger partial charge in [-0.05, 0) is 48.2 Å². The molecule has 0 aromatic heterocycles. The van der Waals surface area contributed by atoms with Crippen LogP contribution < -0.4 is 14.9 Å². The van der Waals surface area contributed by atoms with E-state index in [1.807, 2.05) is 18.2 Å². The molecule has 4 heteroatoms. The third kappa shape index (κ3) is 2.34. The predicted octanol–water partition coefficient (Wildman–Crippen LogP) is 3.31. The number of methoxy groups -OCH3 is 2. The van der Waals surface area contributed by atoms with E-state index in [0.717, 1.165) is 30.1 Å². The number of fused-ring (bicyclic) bond motifs is 3. The maximum absolute atomic E-state index is 5.38. The Labute approximate surface area is 136 Å². The van der Waals surface area contributed by atoms with Gasteiger partial charge >= 0.3 is 0 Å². The van der Waals surface area contributed by atoms with Gasteiger partial charge in [0.1, 0.15) is 11.5 Å². The van der Waals surface area contributed by atoms with Crippen molar-refractivity contribution in [1.29, 1.82) is 0 Å². The van der Waals surface area contributed by atoms with Gasteiger partial charge in [0.05, 0.1) is 26.0 Å². The van der Waals surface area contributed by atoms with Gasteiger partial charge in [0.2, 0.25) is 0 Å². The summed E-state index contributed by atoms with van der Waals surface area (Å²) in [6.07, 6.45) is 2.19. The highest BCUT2D eigenvalue weighted by atomic mass is 16.5. The van der Waals surface area contributed by atoms with Crippen molar-refractivity contribution in [2.24, 2.45) is 11.0 Å². The number of nitrogens with one attached hydrogen (secondary N) is 1. The molecule has 0 radical (unpaired) electrons. The molecule has 4 rings (SSSR count). The van der Waals surface area contributed by atoms with Crippen molar-refractivity contribution in [3.8, 4) is 11.5 Å². The molecule has 0 saturated carbocycles. The Morgan fingerprint density at radius 1 is 1.00 bits per heavy atom. The van der Waals surface area contributed by atoms with Crippen molar-refractivity contribution in [3.05, 3.63) is 59.2 Å². The van der Waals surface area contributed by atoms with Gasteiger partial charge in [0, 0.05) is 11.5 Å². The Hall–Kier alpha value is -2.49. The largest absolute Gasteiger partial charge is 0.497 e. The molecular weight excluding hydrogens is 288 g/mol. The third-order valence-electron chi connectivity index (χ3n) is 4.87. The quantitative estimate of drug-likeness (QED) is 0.946. The highest BCUT2D eigenvalue weighted by Crippen LogP contribution is 2.39. The molecule has 2 aliphatic rings. The summed E-state index contributed by atoms with van der Waals surface area (Å²) < 4.78 is 10.6. The molecule has 2 aromatic carbocycles. The second-order valence-corrected chi connectivity index (χ2v) is 6.05. The Morgan fingerprint density at radius 3 is 2.48 bits per heavy atom. The zero-order valence-electron chi connectivity index (χ0n) is 13.4. The molecule has 2 aromatic rings. The molecule has 1 aliphatic heterocycles. The maximum atomic E-state index is 5.38. The molecule has 0 amide bonds. The molecule has 0 fully saturated rings. The van der Waals surface area contributed by atoms with Gasteiger partial charge in [-0.3, -0.25) is 0 Å². The van der Waals surface area contributed by atoms with Crippen LogP contribution in [0.2, 0.25) is 0 Å². The average molecular weight is 308 g/mol. The van der Waals surface area contributed by atoms with Crippen LogP contribution in [-0.4, -0.2) is 19.9 Å². The van der Waals surface area contributed by atoms with Crippen molar-refractivity contribution in [2.45, 2.75) is 18.9 Å². The zero-order chi connectivity index (χ0) is 15.8. The topological polar surface area (TPSA) is 42.8 Å². The van der Waals surface area contributed by atoms with Crippen LogP contribution in [0.1, 0.15) is 29.2 Å². The lowest BCUT2D eigenvalue weighted by Crippen LogP contribution is -2.26. The molecule has 23 heavy (non-hydrogen) atoms. The number of hydrazone groups is 1. The van der Waals surface area contributed by atoms with Crippen molar-refractivity contribution >= 4 is 5.71 Å². The molecule has 0 unspecified atom stereocenters. The van der Waals surface area contributed by atoms with Gasteiger partial charge < -0.3 is 14.9 Å². The average Bonchev–Trinajstić information content (AvgIpc) is 3.05. The normalized spacial score (nSPS) is 21.7. The molecule has 0 bridgehead atoms. The molecule has 118 valence electrons. The van der Waals surface area contributed by atoms with Crippen molar-refractivity contribution in [3.63, 3.8) is 0 Å². The summed E-state index contributed by atoms with van der Waals surface area (Å²) in [6.45, 7) is 0. The number of benzene rings is 2. The molecule has 1 heterocycles.